The average molecular weight is 322 g/mol. The summed E-state index contributed by atoms with van der Waals surface area (Å²) in [5.41, 5.74) is 8.95. The highest BCUT2D eigenvalue weighted by molar-refractivity contribution is 7.99. The number of carbonyl (C=O) groups is 1. The highest BCUT2D eigenvalue weighted by Crippen LogP contribution is 2.37. The number of phenols is 1. The minimum absolute atomic E-state index is 0.0943. The normalized spacial score (nSPS) is 14.6. The van der Waals surface area contributed by atoms with Crippen molar-refractivity contribution < 1.29 is 14.6 Å². The summed E-state index contributed by atoms with van der Waals surface area (Å²) in [4.78, 5) is 17.4. The van der Waals surface area contributed by atoms with Gasteiger partial charge in [-0.3, -0.25) is 0 Å². The molecule has 1 aromatic rings. The first-order valence-corrected chi connectivity index (χ1v) is 7.80. The second-order valence-electron chi connectivity index (χ2n) is 5.89. The van der Waals surface area contributed by atoms with Crippen molar-refractivity contribution in [3.05, 3.63) is 28.1 Å². The first-order chi connectivity index (χ1) is 10.3. The number of aromatic hydroxyl groups is 1. The third kappa shape index (κ3) is 3.99. The van der Waals surface area contributed by atoms with Gasteiger partial charge in [-0.25, -0.2) is 4.79 Å². The van der Waals surface area contributed by atoms with Gasteiger partial charge in [0.05, 0.1) is 12.2 Å². The molecule has 118 valence electrons. The van der Waals surface area contributed by atoms with Crippen molar-refractivity contribution in [2.75, 3.05) is 12.3 Å². The fraction of sp³-hybridized carbons (Fsp3) is 0.500. The summed E-state index contributed by atoms with van der Waals surface area (Å²) in [6.45, 7) is 6.36. The second-order valence-corrected chi connectivity index (χ2v) is 7.03. The molecule has 7 nitrogen and oxygen atoms in total. The molecule has 0 aromatic heterocycles. The van der Waals surface area contributed by atoms with E-state index in [2.05, 4.69) is 10.0 Å². The van der Waals surface area contributed by atoms with Crippen molar-refractivity contribution in [3.8, 4) is 5.75 Å². The molecule has 1 N–H and O–H groups in total. The van der Waals surface area contributed by atoms with Gasteiger partial charge < -0.3 is 14.7 Å². The van der Waals surface area contributed by atoms with Crippen molar-refractivity contribution in [2.24, 2.45) is 5.11 Å². The summed E-state index contributed by atoms with van der Waals surface area (Å²) < 4.78 is 5.39. The first kappa shape index (κ1) is 16.3. The molecule has 0 bridgehead atoms. The van der Waals surface area contributed by atoms with Crippen LogP contribution in [0.15, 0.2) is 22.1 Å². The van der Waals surface area contributed by atoms with Gasteiger partial charge in [0.1, 0.15) is 11.4 Å². The van der Waals surface area contributed by atoms with Crippen molar-refractivity contribution in [1.82, 2.24) is 4.90 Å². The number of nitrogens with zero attached hydrogens (tertiary/aromatic N) is 4. The van der Waals surface area contributed by atoms with Gasteiger partial charge in [0.15, 0.2) is 0 Å². The summed E-state index contributed by atoms with van der Waals surface area (Å²) in [5, 5.41) is 13.4. The molecule has 2 rings (SSSR count). The number of thioether (sulfide) groups is 1. The molecule has 0 aliphatic carbocycles. The molecule has 22 heavy (non-hydrogen) atoms. The van der Waals surface area contributed by atoms with E-state index in [9.17, 15) is 9.90 Å². The maximum absolute atomic E-state index is 12.2. The number of amides is 1. The lowest BCUT2D eigenvalue weighted by Crippen LogP contribution is -2.37. The molecular formula is C14H18N4O3S. The number of carbonyl (C=O) groups excluding carboxylic acids is 1. The molecule has 0 radical (unpaired) electrons. The number of azide groups is 1. The van der Waals surface area contributed by atoms with Gasteiger partial charge in [0.2, 0.25) is 0 Å². The summed E-state index contributed by atoms with van der Waals surface area (Å²) in [5.74, 6) is 0.607. The fourth-order valence-corrected chi connectivity index (χ4v) is 3.06. The van der Waals surface area contributed by atoms with Gasteiger partial charge in [-0.1, -0.05) is 5.11 Å². The maximum Gasteiger partial charge on any atom is 0.410 e. The third-order valence-electron chi connectivity index (χ3n) is 2.94. The zero-order valence-electron chi connectivity index (χ0n) is 12.7. The lowest BCUT2D eigenvalue weighted by molar-refractivity contribution is 0.0247. The standard InChI is InChI=1S/C14H18N4O3S/c1-14(2,3)21-13(20)18-4-5-22-12-7-10(16-17-15)11(19)6-9(12)8-18/h6-7,19H,4-5,8H2,1-3H3. The molecule has 1 amide bonds. The van der Waals surface area contributed by atoms with Crippen LogP contribution < -0.4 is 0 Å². The Morgan fingerprint density at radius 1 is 1.50 bits per heavy atom. The Morgan fingerprint density at radius 2 is 2.23 bits per heavy atom. The molecule has 0 saturated carbocycles. The van der Waals surface area contributed by atoms with E-state index in [1.165, 1.54) is 6.07 Å². The molecule has 1 aliphatic rings. The Balaban J connectivity index is 2.25. The molecule has 1 heterocycles. The number of rotatable bonds is 1. The van der Waals surface area contributed by atoms with E-state index >= 15 is 0 Å². The Hall–Kier alpha value is -2.05. The molecule has 0 fully saturated rings. The maximum atomic E-state index is 12.2. The smallest absolute Gasteiger partial charge is 0.410 e. The predicted molar refractivity (Wildman–Crippen MR) is 84.3 cm³/mol. The van der Waals surface area contributed by atoms with Crippen LogP contribution in [0.4, 0.5) is 10.5 Å². The molecular weight excluding hydrogens is 304 g/mol. The average Bonchev–Trinajstić information content (AvgIpc) is 2.59. The Kier molecular flexibility index (Phi) is 4.73. The Labute approximate surface area is 132 Å². The number of benzene rings is 1. The largest absolute Gasteiger partial charge is 0.507 e. The highest BCUT2D eigenvalue weighted by Gasteiger charge is 2.25. The van der Waals surface area contributed by atoms with Gasteiger partial charge in [-0.05, 0) is 44.0 Å². The van der Waals surface area contributed by atoms with Crippen LogP contribution in [0.25, 0.3) is 10.4 Å². The lowest BCUT2D eigenvalue weighted by Gasteiger charge is -2.26. The zero-order valence-corrected chi connectivity index (χ0v) is 13.6. The topological polar surface area (TPSA) is 98.5 Å². The molecule has 1 aromatic carbocycles. The monoisotopic (exact) mass is 322 g/mol. The molecule has 8 heteroatoms. The summed E-state index contributed by atoms with van der Waals surface area (Å²) in [7, 11) is 0. The molecule has 1 aliphatic heterocycles. The lowest BCUT2D eigenvalue weighted by atomic mass is 10.1. The van der Waals surface area contributed by atoms with Crippen LogP contribution >= 0.6 is 11.8 Å². The second kappa shape index (κ2) is 6.37. The summed E-state index contributed by atoms with van der Waals surface area (Å²) in [6.07, 6.45) is -0.375. The Bertz CT molecular complexity index is 636. The molecule has 0 unspecified atom stereocenters. The first-order valence-electron chi connectivity index (χ1n) is 6.82. The van der Waals surface area contributed by atoms with Crippen LogP contribution in [0.5, 0.6) is 5.75 Å². The van der Waals surface area contributed by atoms with Gasteiger partial charge >= 0.3 is 6.09 Å². The van der Waals surface area contributed by atoms with Crippen LogP contribution in [0.3, 0.4) is 0 Å². The quantitative estimate of drug-likeness (QED) is 0.476. The van der Waals surface area contributed by atoms with Gasteiger partial charge in [-0.15, -0.1) is 11.8 Å². The van der Waals surface area contributed by atoms with Gasteiger partial charge in [0.25, 0.3) is 0 Å². The van der Waals surface area contributed by atoms with Crippen molar-refractivity contribution in [1.29, 1.82) is 0 Å². The van der Waals surface area contributed by atoms with Crippen LogP contribution in [0.1, 0.15) is 26.3 Å². The minimum atomic E-state index is -0.549. The molecule has 0 saturated heterocycles. The number of phenolic OH excluding ortho intramolecular Hbond substituents is 1. The van der Waals surface area contributed by atoms with Gasteiger partial charge in [0, 0.05) is 22.1 Å². The summed E-state index contributed by atoms with van der Waals surface area (Å²) in [6, 6.07) is 3.18. The van der Waals surface area contributed by atoms with E-state index in [1.54, 1.807) is 22.7 Å². The molecule has 0 atom stereocenters. The van der Waals surface area contributed by atoms with E-state index in [0.29, 0.717) is 18.8 Å². The number of ether oxygens (including phenoxy) is 1. The van der Waals surface area contributed by atoms with Crippen molar-refractivity contribution in [3.63, 3.8) is 0 Å². The Morgan fingerprint density at radius 3 is 2.86 bits per heavy atom. The van der Waals surface area contributed by atoms with Crippen molar-refractivity contribution >= 4 is 23.5 Å². The minimum Gasteiger partial charge on any atom is -0.507 e. The van der Waals surface area contributed by atoms with Crippen molar-refractivity contribution in [2.45, 2.75) is 37.8 Å². The number of fused-ring (bicyclic) bond motifs is 1. The third-order valence-corrected chi connectivity index (χ3v) is 4.02. The van der Waals surface area contributed by atoms with E-state index < -0.39 is 5.60 Å². The van der Waals surface area contributed by atoms with E-state index in [0.717, 1.165) is 10.5 Å². The van der Waals surface area contributed by atoms with E-state index in [1.807, 2.05) is 20.8 Å². The number of hydrogen-bond donors (Lipinski definition) is 1. The zero-order chi connectivity index (χ0) is 16.3. The molecule has 0 spiro atoms. The fourth-order valence-electron chi connectivity index (χ4n) is 2.02. The SMILES string of the molecule is CC(C)(C)OC(=O)N1CCSc2cc(N=[N+]=[N-])c(O)cc2C1. The van der Waals surface area contributed by atoms with Crippen LogP contribution in [-0.2, 0) is 11.3 Å². The van der Waals surface area contributed by atoms with Gasteiger partial charge in [-0.2, -0.15) is 0 Å². The van der Waals surface area contributed by atoms with Crippen LogP contribution in [0.2, 0.25) is 0 Å². The highest BCUT2D eigenvalue weighted by atomic mass is 32.2. The summed E-state index contributed by atoms with van der Waals surface area (Å²) >= 11 is 1.55. The van der Waals surface area contributed by atoms with E-state index in [-0.39, 0.29) is 17.5 Å². The number of hydrogen-bond acceptors (Lipinski definition) is 5. The van der Waals surface area contributed by atoms with E-state index in [4.69, 9.17) is 10.3 Å². The van der Waals surface area contributed by atoms with Crippen LogP contribution in [-0.4, -0.2) is 34.0 Å². The predicted octanol–water partition coefficient (Wildman–Crippen LogP) is 4.18. The van der Waals surface area contributed by atoms with Crippen LogP contribution in [0, 0.1) is 0 Å².